The van der Waals surface area contributed by atoms with Crippen LogP contribution in [-0.2, 0) is 6.54 Å². The molecule has 2 rings (SSSR count). The van der Waals surface area contributed by atoms with Gasteiger partial charge in [0, 0.05) is 36.1 Å². The summed E-state index contributed by atoms with van der Waals surface area (Å²) in [7, 11) is 0. The second kappa shape index (κ2) is 7.13. The molecule has 0 atom stereocenters. The molecule has 1 aromatic heterocycles. The highest BCUT2D eigenvalue weighted by Crippen LogP contribution is 2.28. The summed E-state index contributed by atoms with van der Waals surface area (Å²) in [4.78, 5) is 4.22. The fourth-order valence-electron chi connectivity index (χ4n) is 1.87. The van der Waals surface area contributed by atoms with Crippen LogP contribution in [-0.4, -0.2) is 11.5 Å². The second-order valence-electron chi connectivity index (χ2n) is 4.79. The Balaban J connectivity index is 2.22. The topological polar surface area (TPSA) is 34.2 Å². The third-order valence-electron chi connectivity index (χ3n) is 2.94. The van der Waals surface area contributed by atoms with Crippen LogP contribution in [0, 0.1) is 18.6 Å². The first-order valence-corrected chi connectivity index (χ1v) is 6.89. The van der Waals surface area contributed by atoms with Crippen LogP contribution >= 0.6 is 0 Å². The third kappa shape index (κ3) is 4.23. The molecule has 2 aromatic rings. The van der Waals surface area contributed by atoms with E-state index in [2.05, 4.69) is 17.2 Å². The number of hydrogen-bond donors (Lipinski definition) is 1. The van der Waals surface area contributed by atoms with Crippen LogP contribution in [0.4, 0.5) is 8.78 Å². The second-order valence-corrected chi connectivity index (χ2v) is 4.79. The van der Waals surface area contributed by atoms with Gasteiger partial charge in [-0.3, -0.25) is 4.98 Å². The van der Waals surface area contributed by atoms with Crippen LogP contribution in [0.25, 0.3) is 0 Å². The van der Waals surface area contributed by atoms with Crippen LogP contribution in [0.1, 0.15) is 24.6 Å². The van der Waals surface area contributed by atoms with E-state index in [0.717, 1.165) is 30.3 Å². The van der Waals surface area contributed by atoms with E-state index in [9.17, 15) is 8.78 Å². The Hall–Kier alpha value is -2.01. The van der Waals surface area contributed by atoms with E-state index in [-0.39, 0.29) is 5.75 Å². The molecule has 0 bridgehead atoms. The smallest absolute Gasteiger partial charge is 0.168 e. The van der Waals surface area contributed by atoms with E-state index < -0.39 is 11.6 Å². The van der Waals surface area contributed by atoms with Gasteiger partial charge in [0.2, 0.25) is 0 Å². The Morgan fingerprint density at radius 2 is 2.00 bits per heavy atom. The largest absolute Gasteiger partial charge is 0.454 e. The van der Waals surface area contributed by atoms with Crippen molar-refractivity contribution in [1.82, 2.24) is 10.3 Å². The van der Waals surface area contributed by atoms with E-state index in [4.69, 9.17) is 4.74 Å². The van der Waals surface area contributed by atoms with Crippen LogP contribution in [0.3, 0.4) is 0 Å². The van der Waals surface area contributed by atoms with Crippen molar-refractivity contribution >= 4 is 0 Å². The monoisotopic (exact) mass is 292 g/mol. The molecular weight excluding hydrogens is 274 g/mol. The Morgan fingerprint density at radius 1 is 1.19 bits per heavy atom. The minimum Gasteiger partial charge on any atom is -0.454 e. The normalized spacial score (nSPS) is 10.7. The van der Waals surface area contributed by atoms with Crippen molar-refractivity contribution in [2.45, 2.75) is 26.8 Å². The molecule has 0 aliphatic heterocycles. The highest BCUT2D eigenvalue weighted by Gasteiger charge is 2.10. The first kappa shape index (κ1) is 15.4. The lowest BCUT2D eigenvalue weighted by atomic mass is 10.2. The average molecular weight is 292 g/mol. The van der Waals surface area contributed by atoms with Gasteiger partial charge in [0.15, 0.2) is 11.6 Å². The molecule has 21 heavy (non-hydrogen) atoms. The molecule has 0 saturated heterocycles. The number of halogens is 2. The van der Waals surface area contributed by atoms with Crippen molar-refractivity contribution in [1.29, 1.82) is 0 Å². The van der Waals surface area contributed by atoms with E-state index in [1.54, 1.807) is 12.3 Å². The third-order valence-corrected chi connectivity index (χ3v) is 2.94. The van der Waals surface area contributed by atoms with Crippen LogP contribution in [0.15, 0.2) is 30.5 Å². The van der Waals surface area contributed by atoms with Crippen LogP contribution in [0.2, 0.25) is 0 Å². The van der Waals surface area contributed by atoms with Crippen molar-refractivity contribution in [2.24, 2.45) is 0 Å². The summed E-state index contributed by atoms with van der Waals surface area (Å²) in [5.74, 6) is -0.831. The quantitative estimate of drug-likeness (QED) is 0.818. The number of rotatable bonds is 6. The van der Waals surface area contributed by atoms with Crippen molar-refractivity contribution in [3.63, 3.8) is 0 Å². The number of nitrogens with zero attached hydrogens (tertiary/aromatic N) is 1. The summed E-state index contributed by atoms with van der Waals surface area (Å²) in [5, 5.41) is 3.25. The zero-order valence-electron chi connectivity index (χ0n) is 12.1. The van der Waals surface area contributed by atoms with Crippen molar-refractivity contribution in [3.8, 4) is 11.5 Å². The summed E-state index contributed by atoms with van der Waals surface area (Å²) in [6.45, 7) is 5.36. The van der Waals surface area contributed by atoms with Gasteiger partial charge in [-0.25, -0.2) is 8.78 Å². The zero-order valence-corrected chi connectivity index (χ0v) is 12.1. The molecule has 112 valence electrons. The minimum absolute atomic E-state index is 0.00117. The lowest BCUT2D eigenvalue weighted by Crippen LogP contribution is -2.14. The molecule has 0 radical (unpaired) electrons. The van der Waals surface area contributed by atoms with Gasteiger partial charge in [-0.1, -0.05) is 6.92 Å². The molecule has 0 saturated carbocycles. The standard InChI is InChI=1S/C16H18F2N2O/c1-3-6-19-9-12-10-20-11(2)7-16(12)21-15-5-4-13(17)8-14(15)18/h4-5,7-8,10,19H,3,6,9H2,1-2H3. The molecular formula is C16H18F2N2O. The van der Waals surface area contributed by atoms with Crippen LogP contribution in [0.5, 0.6) is 11.5 Å². The first-order chi connectivity index (χ1) is 10.1. The highest BCUT2D eigenvalue weighted by atomic mass is 19.1. The Morgan fingerprint density at radius 3 is 2.71 bits per heavy atom. The van der Waals surface area contributed by atoms with Gasteiger partial charge >= 0.3 is 0 Å². The maximum Gasteiger partial charge on any atom is 0.168 e. The van der Waals surface area contributed by atoms with Gasteiger partial charge in [0.05, 0.1) is 0 Å². The van der Waals surface area contributed by atoms with E-state index in [1.165, 1.54) is 12.1 Å². The first-order valence-electron chi connectivity index (χ1n) is 6.89. The SMILES string of the molecule is CCCNCc1cnc(C)cc1Oc1ccc(F)cc1F. The highest BCUT2D eigenvalue weighted by molar-refractivity contribution is 5.38. The minimum atomic E-state index is -0.725. The molecule has 0 unspecified atom stereocenters. The van der Waals surface area contributed by atoms with Crippen LogP contribution < -0.4 is 10.1 Å². The van der Waals surface area contributed by atoms with E-state index >= 15 is 0 Å². The maximum absolute atomic E-state index is 13.7. The number of nitrogens with one attached hydrogen (secondary N) is 1. The Bertz CT molecular complexity index is 617. The molecule has 5 heteroatoms. The molecule has 0 aliphatic rings. The zero-order chi connectivity index (χ0) is 15.2. The summed E-state index contributed by atoms with van der Waals surface area (Å²) in [6.07, 6.45) is 2.72. The summed E-state index contributed by atoms with van der Waals surface area (Å²) < 4.78 is 32.2. The van der Waals surface area contributed by atoms with Crippen molar-refractivity contribution in [3.05, 3.63) is 53.4 Å². The van der Waals surface area contributed by atoms with Crippen molar-refractivity contribution in [2.75, 3.05) is 6.54 Å². The Labute approximate surface area is 123 Å². The van der Waals surface area contributed by atoms with Gasteiger partial charge in [-0.15, -0.1) is 0 Å². The maximum atomic E-state index is 13.7. The predicted octanol–water partition coefficient (Wildman–Crippen LogP) is 3.96. The van der Waals surface area contributed by atoms with E-state index in [0.29, 0.717) is 12.3 Å². The fourth-order valence-corrected chi connectivity index (χ4v) is 1.87. The summed E-state index contributed by atoms with van der Waals surface area (Å²) >= 11 is 0. The van der Waals surface area contributed by atoms with Gasteiger partial charge in [0.25, 0.3) is 0 Å². The molecule has 1 heterocycles. The molecule has 1 aromatic carbocycles. The molecule has 3 nitrogen and oxygen atoms in total. The Kier molecular flexibility index (Phi) is 5.22. The predicted molar refractivity (Wildman–Crippen MR) is 77.4 cm³/mol. The number of hydrogen-bond acceptors (Lipinski definition) is 3. The number of benzene rings is 1. The number of ether oxygens (including phenoxy) is 1. The molecule has 1 N–H and O–H groups in total. The summed E-state index contributed by atoms with van der Waals surface area (Å²) in [6, 6.07) is 5.00. The molecule has 0 amide bonds. The lowest BCUT2D eigenvalue weighted by Gasteiger charge is -2.12. The van der Waals surface area contributed by atoms with Gasteiger partial charge in [-0.2, -0.15) is 0 Å². The summed E-state index contributed by atoms with van der Waals surface area (Å²) in [5.41, 5.74) is 1.60. The fraction of sp³-hybridized carbons (Fsp3) is 0.312. The molecule has 0 fully saturated rings. The lowest BCUT2D eigenvalue weighted by molar-refractivity contribution is 0.430. The van der Waals surface area contributed by atoms with Crippen molar-refractivity contribution < 1.29 is 13.5 Å². The molecule has 0 aliphatic carbocycles. The average Bonchev–Trinajstić information content (AvgIpc) is 2.44. The van der Waals surface area contributed by atoms with Gasteiger partial charge < -0.3 is 10.1 Å². The number of aromatic nitrogens is 1. The molecule has 0 spiro atoms. The van der Waals surface area contributed by atoms with Gasteiger partial charge in [-0.05, 0) is 32.0 Å². The van der Waals surface area contributed by atoms with Gasteiger partial charge in [0.1, 0.15) is 11.6 Å². The van der Waals surface area contributed by atoms with E-state index in [1.807, 2.05) is 6.92 Å². The number of pyridine rings is 1. The number of aryl methyl sites for hydroxylation is 1.